The molecule has 5 nitrogen and oxygen atoms in total. The fraction of sp³-hybridized carbons (Fsp3) is 0.190. The average Bonchev–Trinajstić information content (AvgIpc) is 3.08. The molecule has 0 saturated carbocycles. The van der Waals surface area contributed by atoms with Gasteiger partial charge in [-0.05, 0) is 37.3 Å². The lowest BCUT2D eigenvalue weighted by atomic mass is 10.1. The third-order valence-corrected chi connectivity index (χ3v) is 5.52. The molecule has 4 aromatic rings. The third-order valence-electron chi connectivity index (χ3n) is 4.50. The maximum atomic E-state index is 13.0. The minimum Gasteiger partial charge on any atom is -0.497 e. The molecule has 0 aliphatic heterocycles. The zero-order valence-electron chi connectivity index (χ0n) is 15.4. The molecule has 0 radical (unpaired) electrons. The number of carbonyl (C=O) groups excluding carboxylic acids is 1. The molecule has 0 fully saturated rings. The van der Waals surface area contributed by atoms with E-state index in [1.807, 2.05) is 55.5 Å². The first-order valence-electron chi connectivity index (χ1n) is 8.60. The van der Waals surface area contributed by atoms with Crippen molar-refractivity contribution in [1.82, 2.24) is 14.9 Å². The van der Waals surface area contributed by atoms with E-state index in [0.717, 1.165) is 31.9 Å². The molecule has 4 rings (SSSR count). The smallest absolute Gasteiger partial charge is 0.255 e. The average molecular weight is 377 g/mol. The van der Waals surface area contributed by atoms with Gasteiger partial charge < -0.3 is 9.64 Å². The largest absolute Gasteiger partial charge is 0.497 e. The summed E-state index contributed by atoms with van der Waals surface area (Å²) < 4.78 is 6.38. The Morgan fingerprint density at radius 1 is 1.11 bits per heavy atom. The molecule has 27 heavy (non-hydrogen) atoms. The van der Waals surface area contributed by atoms with E-state index in [1.54, 1.807) is 30.4 Å². The number of para-hydroxylation sites is 1. The van der Waals surface area contributed by atoms with Crippen LogP contribution in [-0.4, -0.2) is 34.9 Å². The molecule has 0 N–H and O–H groups in total. The van der Waals surface area contributed by atoms with Gasteiger partial charge in [-0.15, -0.1) is 11.3 Å². The molecule has 0 atom stereocenters. The van der Waals surface area contributed by atoms with Crippen molar-refractivity contribution in [3.8, 4) is 5.75 Å². The summed E-state index contributed by atoms with van der Waals surface area (Å²) in [6.45, 7) is 2.33. The van der Waals surface area contributed by atoms with E-state index in [4.69, 9.17) is 4.74 Å². The van der Waals surface area contributed by atoms with Crippen LogP contribution >= 0.6 is 11.3 Å². The van der Waals surface area contributed by atoms with E-state index >= 15 is 0 Å². The number of aryl methyl sites for hydroxylation is 1. The van der Waals surface area contributed by atoms with Crippen LogP contribution in [0.1, 0.15) is 21.1 Å². The van der Waals surface area contributed by atoms with Crippen LogP contribution in [0.4, 0.5) is 0 Å². The summed E-state index contributed by atoms with van der Waals surface area (Å²) in [4.78, 5) is 23.9. The van der Waals surface area contributed by atoms with Crippen LogP contribution in [0.2, 0.25) is 0 Å². The molecule has 2 aromatic carbocycles. The van der Waals surface area contributed by atoms with Gasteiger partial charge in [0, 0.05) is 18.5 Å². The number of thiazole rings is 1. The number of carbonyl (C=O) groups is 1. The summed E-state index contributed by atoms with van der Waals surface area (Å²) in [6, 6.07) is 15.6. The second kappa shape index (κ2) is 6.96. The van der Waals surface area contributed by atoms with Gasteiger partial charge in [-0.25, -0.2) is 4.98 Å². The highest BCUT2D eigenvalue weighted by Gasteiger charge is 2.18. The Kier molecular flexibility index (Phi) is 4.49. The Morgan fingerprint density at radius 3 is 2.70 bits per heavy atom. The van der Waals surface area contributed by atoms with Gasteiger partial charge in [-0.2, -0.15) is 0 Å². The summed E-state index contributed by atoms with van der Waals surface area (Å²) in [7, 11) is 3.43. The number of hydrogen-bond acceptors (Lipinski definition) is 5. The number of pyridine rings is 1. The van der Waals surface area contributed by atoms with Crippen LogP contribution in [0.25, 0.3) is 21.1 Å². The number of ether oxygens (including phenoxy) is 1. The number of fused-ring (bicyclic) bond motifs is 2. The number of hydrogen-bond donors (Lipinski definition) is 0. The van der Waals surface area contributed by atoms with Crippen molar-refractivity contribution < 1.29 is 9.53 Å². The van der Waals surface area contributed by atoms with Gasteiger partial charge in [0.2, 0.25) is 0 Å². The molecule has 0 aliphatic rings. The first-order chi connectivity index (χ1) is 13.0. The van der Waals surface area contributed by atoms with Crippen LogP contribution in [0.15, 0.2) is 48.5 Å². The number of benzene rings is 2. The van der Waals surface area contributed by atoms with E-state index in [9.17, 15) is 4.79 Å². The van der Waals surface area contributed by atoms with Crippen molar-refractivity contribution in [3.05, 3.63) is 64.8 Å². The van der Waals surface area contributed by atoms with Gasteiger partial charge in [0.25, 0.3) is 5.91 Å². The van der Waals surface area contributed by atoms with Gasteiger partial charge in [0.15, 0.2) is 0 Å². The lowest BCUT2D eigenvalue weighted by molar-refractivity contribution is 0.0784. The van der Waals surface area contributed by atoms with Gasteiger partial charge in [-0.3, -0.25) is 9.78 Å². The van der Waals surface area contributed by atoms with E-state index in [2.05, 4.69) is 9.97 Å². The summed E-state index contributed by atoms with van der Waals surface area (Å²) in [5, 5.41) is 1.83. The summed E-state index contributed by atoms with van der Waals surface area (Å²) in [5.74, 6) is 0.693. The normalized spacial score (nSPS) is 11.1. The highest BCUT2D eigenvalue weighted by atomic mass is 32.1. The number of aromatic nitrogens is 2. The highest BCUT2D eigenvalue weighted by Crippen LogP contribution is 2.25. The van der Waals surface area contributed by atoms with Crippen molar-refractivity contribution >= 4 is 38.4 Å². The molecule has 1 amide bonds. The zero-order valence-corrected chi connectivity index (χ0v) is 16.2. The first kappa shape index (κ1) is 17.4. The van der Waals surface area contributed by atoms with Crippen LogP contribution in [-0.2, 0) is 6.54 Å². The maximum Gasteiger partial charge on any atom is 0.255 e. The maximum absolute atomic E-state index is 13.0. The van der Waals surface area contributed by atoms with E-state index < -0.39 is 0 Å². The molecule has 0 bridgehead atoms. The lowest BCUT2D eigenvalue weighted by Gasteiger charge is -2.17. The van der Waals surface area contributed by atoms with E-state index in [0.29, 0.717) is 17.8 Å². The molecular formula is C21H19N3O2S. The van der Waals surface area contributed by atoms with Crippen LogP contribution in [0, 0.1) is 6.92 Å². The molecule has 0 aliphatic carbocycles. The Labute approximate surface area is 161 Å². The first-order valence-corrected chi connectivity index (χ1v) is 9.42. The van der Waals surface area contributed by atoms with Gasteiger partial charge in [-0.1, -0.05) is 12.1 Å². The minimum absolute atomic E-state index is 0.0584. The standard InChI is InChI=1S/C21H19N3O2S/c1-13-16(10-14-8-9-15(26-3)11-18(14)22-13)21(25)24(2)12-20-23-17-6-4-5-7-19(17)27-20/h4-11H,12H2,1-3H3. The second-order valence-corrected chi connectivity index (χ2v) is 7.53. The number of methoxy groups -OCH3 is 1. The van der Waals surface area contributed by atoms with Crippen molar-refractivity contribution in [1.29, 1.82) is 0 Å². The fourth-order valence-electron chi connectivity index (χ4n) is 3.05. The molecular weight excluding hydrogens is 358 g/mol. The lowest BCUT2D eigenvalue weighted by Crippen LogP contribution is -2.27. The van der Waals surface area contributed by atoms with Crippen LogP contribution in [0.5, 0.6) is 5.75 Å². The molecule has 2 heterocycles. The summed E-state index contributed by atoms with van der Waals surface area (Å²) in [5.41, 5.74) is 3.10. The predicted molar refractivity (Wildman–Crippen MR) is 108 cm³/mol. The number of amides is 1. The quantitative estimate of drug-likeness (QED) is 0.528. The molecule has 0 unspecified atom stereocenters. The number of rotatable bonds is 4. The SMILES string of the molecule is COc1ccc2cc(C(=O)N(C)Cc3nc4ccccc4s3)c(C)nc2c1. The van der Waals surface area contributed by atoms with Crippen molar-refractivity contribution in [3.63, 3.8) is 0 Å². The fourth-order valence-corrected chi connectivity index (χ4v) is 4.08. The van der Waals surface area contributed by atoms with Crippen molar-refractivity contribution in [2.45, 2.75) is 13.5 Å². The molecule has 6 heteroatoms. The van der Waals surface area contributed by atoms with Crippen molar-refractivity contribution in [2.24, 2.45) is 0 Å². The van der Waals surface area contributed by atoms with E-state index in [-0.39, 0.29) is 5.91 Å². The molecule has 0 saturated heterocycles. The Bertz CT molecular complexity index is 1120. The highest BCUT2D eigenvalue weighted by molar-refractivity contribution is 7.18. The molecule has 136 valence electrons. The zero-order chi connectivity index (χ0) is 19.0. The second-order valence-electron chi connectivity index (χ2n) is 6.42. The summed E-state index contributed by atoms with van der Waals surface area (Å²) in [6.07, 6.45) is 0. The van der Waals surface area contributed by atoms with Crippen molar-refractivity contribution in [2.75, 3.05) is 14.2 Å². The Hall–Kier alpha value is -2.99. The topological polar surface area (TPSA) is 55.3 Å². The molecule has 0 spiro atoms. The monoisotopic (exact) mass is 377 g/mol. The Morgan fingerprint density at radius 2 is 1.93 bits per heavy atom. The summed E-state index contributed by atoms with van der Waals surface area (Å²) >= 11 is 1.61. The third kappa shape index (κ3) is 3.36. The number of nitrogens with zero attached hydrogens (tertiary/aromatic N) is 3. The van der Waals surface area contributed by atoms with Crippen LogP contribution < -0.4 is 4.74 Å². The Balaban J connectivity index is 1.61. The van der Waals surface area contributed by atoms with E-state index in [1.165, 1.54) is 0 Å². The predicted octanol–water partition coefficient (Wildman–Crippen LogP) is 4.43. The van der Waals surface area contributed by atoms with Gasteiger partial charge in [0.05, 0.1) is 40.6 Å². The minimum atomic E-state index is -0.0584. The van der Waals surface area contributed by atoms with Crippen LogP contribution in [0.3, 0.4) is 0 Å². The van der Waals surface area contributed by atoms with Gasteiger partial charge >= 0.3 is 0 Å². The molecule has 2 aromatic heterocycles. The van der Waals surface area contributed by atoms with Gasteiger partial charge in [0.1, 0.15) is 10.8 Å².